The zero-order valence-electron chi connectivity index (χ0n) is 7.17. The lowest BCUT2D eigenvalue weighted by Crippen LogP contribution is -2.12. The minimum absolute atomic E-state index is 0.516. The topological polar surface area (TPSA) is 125 Å². The van der Waals surface area contributed by atoms with Gasteiger partial charge in [-0.15, -0.1) is 0 Å². The molecule has 0 aromatic carbocycles. The summed E-state index contributed by atoms with van der Waals surface area (Å²) in [6.45, 7) is 0. The van der Waals surface area contributed by atoms with Crippen molar-refractivity contribution in [1.29, 1.82) is 0 Å². The van der Waals surface area contributed by atoms with Gasteiger partial charge in [0.15, 0.2) is 0 Å². The number of hydrogen-bond donors (Lipinski definition) is 3. The number of carboxylic acid groups (broad SMARTS) is 3. The highest BCUT2D eigenvalue weighted by Crippen LogP contribution is 2.10. The monoisotopic (exact) mass is 211 g/mol. The molecular weight excluding hydrogens is 206 g/mol. The molecule has 0 radical (unpaired) electrons. The van der Waals surface area contributed by atoms with Gasteiger partial charge in [-0.25, -0.2) is 19.4 Å². The van der Waals surface area contributed by atoms with E-state index in [0.717, 1.165) is 0 Å². The lowest BCUT2D eigenvalue weighted by molar-refractivity contribution is 0.0647. The molecule has 1 aromatic heterocycles. The van der Waals surface area contributed by atoms with Crippen molar-refractivity contribution in [2.24, 2.45) is 0 Å². The summed E-state index contributed by atoms with van der Waals surface area (Å²) >= 11 is 0. The fraction of sp³-hybridized carbons (Fsp3) is 0. The van der Waals surface area contributed by atoms with Crippen LogP contribution in [0.1, 0.15) is 31.2 Å². The molecule has 0 fully saturated rings. The van der Waals surface area contributed by atoms with Gasteiger partial charge in [0.05, 0.1) is 11.1 Å². The van der Waals surface area contributed by atoms with Crippen LogP contribution in [0.4, 0.5) is 0 Å². The van der Waals surface area contributed by atoms with Gasteiger partial charge < -0.3 is 15.3 Å². The highest BCUT2D eigenvalue weighted by Gasteiger charge is 2.19. The predicted molar refractivity (Wildman–Crippen MR) is 45.1 cm³/mol. The normalized spacial score (nSPS) is 9.60. The van der Waals surface area contributed by atoms with Crippen molar-refractivity contribution in [3.05, 3.63) is 29.1 Å². The van der Waals surface area contributed by atoms with Gasteiger partial charge in [-0.3, -0.25) is 0 Å². The highest BCUT2D eigenvalue weighted by molar-refractivity contribution is 6.02. The first kappa shape index (κ1) is 10.6. The number of rotatable bonds is 3. The van der Waals surface area contributed by atoms with Crippen molar-refractivity contribution in [2.75, 3.05) is 0 Å². The van der Waals surface area contributed by atoms with Gasteiger partial charge >= 0.3 is 17.9 Å². The van der Waals surface area contributed by atoms with Crippen LogP contribution in [-0.4, -0.2) is 38.2 Å². The molecule has 0 aliphatic carbocycles. The van der Waals surface area contributed by atoms with Gasteiger partial charge in [-0.2, -0.15) is 0 Å². The van der Waals surface area contributed by atoms with Gasteiger partial charge in [-0.05, 0) is 6.07 Å². The van der Waals surface area contributed by atoms with Gasteiger partial charge in [0.25, 0.3) is 0 Å². The molecule has 0 aliphatic heterocycles. The summed E-state index contributed by atoms with van der Waals surface area (Å²) in [7, 11) is 0. The van der Waals surface area contributed by atoms with Crippen LogP contribution in [0.2, 0.25) is 0 Å². The van der Waals surface area contributed by atoms with Crippen molar-refractivity contribution < 1.29 is 29.7 Å². The maximum Gasteiger partial charge on any atom is 0.354 e. The predicted octanol–water partition coefficient (Wildman–Crippen LogP) is 0.176. The van der Waals surface area contributed by atoms with Crippen LogP contribution in [0.5, 0.6) is 0 Å². The average molecular weight is 211 g/mol. The number of aromatic nitrogens is 1. The summed E-state index contributed by atoms with van der Waals surface area (Å²) in [4.78, 5) is 34.9. The van der Waals surface area contributed by atoms with Crippen molar-refractivity contribution in [3.63, 3.8) is 0 Å². The van der Waals surface area contributed by atoms with Crippen LogP contribution in [0.15, 0.2) is 12.3 Å². The van der Waals surface area contributed by atoms with E-state index in [1.54, 1.807) is 0 Å². The molecule has 0 aliphatic rings. The molecule has 0 amide bonds. The molecule has 1 rings (SSSR count). The Balaban J connectivity index is 3.40. The quantitative estimate of drug-likeness (QED) is 0.650. The first-order valence-electron chi connectivity index (χ1n) is 3.63. The van der Waals surface area contributed by atoms with Crippen molar-refractivity contribution in [2.45, 2.75) is 0 Å². The number of pyridine rings is 1. The molecule has 1 aromatic rings. The fourth-order valence-electron chi connectivity index (χ4n) is 0.920. The SMILES string of the molecule is O=C(O)c1cc(C(=O)O)c(C(=O)O)cn1. The second-order valence-electron chi connectivity index (χ2n) is 2.53. The van der Waals surface area contributed by atoms with Crippen molar-refractivity contribution >= 4 is 17.9 Å². The Morgan fingerprint density at radius 1 is 0.933 bits per heavy atom. The Kier molecular flexibility index (Phi) is 2.65. The average Bonchev–Trinajstić information content (AvgIpc) is 2.16. The molecule has 7 heteroatoms. The second-order valence-corrected chi connectivity index (χ2v) is 2.53. The summed E-state index contributed by atoms with van der Waals surface area (Å²) in [6.07, 6.45) is 0.704. The third-order valence-corrected chi connectivity index (χ3v) is 1.58. The van der Waals surface area contributed by atoms with Crippen LogP contribution in [0.3, 0.4) is 0 Å². The van der Waals surface area contributed by atoms with Gasteiger partial charge in [0, 0.05) is 6.20 Å². The maximum absolute atomic E-state index is 10.6. The standard InChI is InChI=1S/C8H5NO6/c10-6(11)3-1-5(8(14)15)9-2-4(3)7(12)13/h1-2H,(H,10,11)(H,12,13)(H,14,15). The Labute approximate surface area is 82.6 Å². The van der Waals surface area contributed by atoms with Crippen molar-refractivity contribution in [3.8, 4) is 0 Å². The van der Waals surface area contributed by atoms with Gasteiger partial charge in [0.2, 0.25) is 0 Å². The molecule has 0 saturated carbocycles. The van der Waals surface area contributed by atoms with E-state index in [0.29, 0.717) is 12.3 Å². The van der Waals surface area contributed by atoms with E-state index in [1.165, 1.54) is 0 Å². The van der Waals surface area contributed by atoms with Crippen molar-refractivity contribution in [1.82, 2.24) is 4.98 Å². The summed E-state index contributed by atoms with van der Waals surface area (Å²) in [6, 6.07) is 0.702. The van der Waals surface area contributed by atoms with Gasteiger partial charge in [0.1, 0.15) is 5.69 Å². The lowest BCUT2D eigenvalue weighted by Gasteiger charge is -2.01. The molecule has 15 heavy (non-hydrogen) atoms. The number of nitrogens with zero attached hydrogens (tertiary/aromatic N) is 1. The number of carboxylic acids is 3. The Morgan fingerprint density at radius 2 is 1.47 bits per heavy atom. The molecule has 0 bridgehead atoms. The second kappa shape index (κ2) is 3.74. The zero-order chi connectivity index (χ0) is 11.6. The largest absolute Gasteiger partial charge is 0.478 e. The summed E-state index contributed by atoms with van der Waals surface area (Å²) in [5.74, 6) is -4.41. The van der Waals surface area contributed by atoms with Crippen LogP contribution >= 0.6 is 0 Å². The molecule has 1 heterocycles. The third-order valence-electron chi connectivity index (χ3n) is 1.58. The zero-order valence-corrected chi connectivity index (χ0v) is 7.17. The molecule has 7 nitrogen and oxygen atoms in total. The van der Waals surface area contributed by atoms with E-state index in [4.69, 9.17) is 15.3 Å². The minimum atomic E-state index is -1.52. The highest BCUT2D eigenvalue weighted by atomic mass is 16.4. The van der Waals surface area contributed by atoms with E-state index in [2.05, 4.69) is 4.98 Å². The molecule has 0 saturated heterocycles. The van der Waals surface area contributed by atoms with E-state index >= 15 is 0 Å². The van der Waals surface area contributed by atoms with E-state index in [1.807, 2.05) is 0 Å². The molecule has 0 unspecified atom stereocenters. The van der Waals surface area contributed by atoms with E-state index in [-0.39, 0.29) is 0 Å². The first-order valence-corrected chi connectivity index (χ1v) is 3.63. The third kappa shape index (κ3) is 2.08. The summed E-state index contributed by atoms with van der Waals surface area (Å²) in [5.41, 5.74) is -1.67. The van der Waals surface area contributed by atoms with E-state index in [9.17, 15) is 14.4 Å². The number of carbonyl (C=O) groups is 3. The maximum atomic E-state index is 10.6. The smallest absolute Gasteiger partial charge is 0.354 e. The number of aromatic carboxylic acids is 3. The van der Waals surface area contributed by atoms with Crippen LogP contribution in [0, 0.1) is 0 Å². The van der Waals surface area contributed by atoms with Crippen LogP contribution in [-0.2, 0) is 0 Å². The molecule has 0 atom stereocenters. The summed E-state index contributed by atoms with van der Waals surface area (Å²) in [5, 5.41) is 25.7. The minimum Gasteiger partial charge on any atom is -0.478 e. The molecule has 0 spiro atoms. The lowest BCUT2D eigenvalue weighted by atomic mass is 10.1. The Hall–Kier alpha value is -2.44. The van der Waals surface area contributed by atoms with Gasteiger partial charge in [-0.1, -0.05) is 0 Å². The van der Waals surface area contributed by atoms with E-state index < -0.39 is 34.7 Å². The van der Waals surface area contributed by atoms with Crippen LogP contribution < -0.4 is 0 Å². The Morgan fingerprint density at radius 3 is 1.87 bits per heavy atom. The number of hydrogen-bond acceptors (Lipinski definition) is 4. The fourth-order valence-corrected chi connectivity index (χ4v) is 0.920. The summed E-state index contributed by atoms with van der Waals surface area (Å²) < 4.78 is 0. The molecule has 3 N–H and O–H groups in total. The van der Waals surface area contributed by atoms with Crippen LogP contribution in [0.25, 0.3) is 0 Å². The molecule has 78 valence electrons. The molecular formula is C8H5NO6. The Bertz CT molecular complexity index is 452. The first-order chi connectivity index (χ1) is 6.93.